The van der Waals surface area contributed by atoms with Gasteiger partial charge in [-0.3, -0.25) is 14.9 Å². The van der Waals surface area contributed by atoms with Crippen molar-refractivity contribution in [1.29, 1.82) is 0 Å². The Hall–Kier alpha value is -2.28. The highest BCUT2D eigenvalue weighted by Crippen LogP contribution is 2.20. The van der Waals surface area contributed by atoms with Crippen molar-refractivity contribution >= 4 is 33.3 Å². The number of halogens is 1. The molecule has 2 rings (SSSR count). The summed E-state index contributed by atoms with van der Waals surface area (Å²) in [5, 5.41) is 13.4. The lowest BCUT2D eigenvalue weighted by Gasteiger charge is -2.08. The Kier molecular flexibility index (Phi) is 4.32. The molecule has 0 spiro atoms. The Morgan fingerprint density at radius 2 is 2.00 bits per heavy atom. The highest BCUT2D eigenvalue weighted by Gasteiger charge is 2.15. The first-order valence-electron chi connectivity index (χ1n) is 6.08. The van der Waals surface area contributed by atoms with E-state index in [1.165, 1.54) is 12.1 Å². The van der Waals surface area contributed by atoms with Gasteiger partial charge in [-0.1, -0.05) is 6.07 Å². The fraction of sp³-hybridized carbons (Fsp3) is 0.143. The molecule has 0 bridgehead atoms. The molecule has 0 saturated heterocycles. The number of rotatable bonds is 3. The van der Waals surface area contributed by atoms with Crippen molar-refractivity contribution in [2.24, 2.45) is 0 Å². The largest absolute Gasteiger partial charge is 0.307 e. The first-order valence-corrected chi connectivity index (χ1v) is 6.87. The second-order valence-electron chi connectivity index (χ2n) is 4.47. The molecule has 0 atom stereocenters. The van der Waals surface area contributed by atoms with Crippen LogP contribution >= 0.6 is 15.9 Å². The lowest BCUT2D eigenvalue weighted by molar-refractivity contribution is -0.384. The summed E-state index contributed by atoms with van der Waals surface area (Å²) in [7, 11) is 0. The van der Waals surface area contributed by atoms with E-state index in [9.17, 15) is 14.9 Å². The summed E-state index contributed by atoms with van der Waals surface area (Å²) in [6.45, 7) is 3.53. The van der Waals surface area contributed by atoms with Crippen LogP contribution in [0.2, 0.25) is 0 Å². The number of nitro groups is 1. The maximum atomic E-state index is 12.2. The van der Waals surface area contributed by atoms with Gasteiger partial charge in [0.05, 0.1) is 10.6 Å². The van der Waals surface area contributed by atoms with Gasteiger partial charge in [-0.05, 0) is 47.5 Å². The normalized spacial score (nSPS) is 10.2. The molecule has 0 aliphatic rings. The van der Waals surface area contributed by atoms with Crippen LogP contribution < -0.4 is 5.32 Å². The minimum Gasteiger partial charge on any atom is -0.307 e. The summed E-state index contributed by atoms with van der Waals surface area (Å²) in [4.78, 5) is 26.7. The van der Waals surface area contributed by atoms with Crippen molar-refractivity contribution in [2.75, 3.05) is 5.32 Å². The van der Waals surface area contributed by atoms with E-state index in [1.807, 2.05) is 0 Å². The predicted octanol–water partition coefficient (Wildman–Crippen LogP) is 3.62. The Morgan fingerprint density at radius 3 is 2.62 bits per heavy atom. The maximum absolute atomic E-state index is 12.2. The molecule has 0 saturated carbocycles. The van der Waals surface area contributed by atoms with Gasteiger partial charge >= 0.3 is 0 Å². The summed E-state index contributed by atoms with van der Waals surface area (Å²) < 4.78 is 0.840. The van der Waals surface area contributed by atoms with E-state index >= 15 is 0 Å². The minimum atomic E-state index is -0.530. The number of amides is 1. The zero-order valence-electron chi connectivity index (χ0n) is 11.4. The zero-order chi connectivity index (χ0) is 15.6. The Bertz CT molecular complexity index is 731. The number of hydrogen-bond donors (Lipinski definition) is 1. The topological polar surface area (TPSA) is 85.1 Å². The fourth-order valence-corrected chi connectivity index (χ4v) is 1.99. The molecule has 0 aliphatic carbocycles. The summed E-state index contributed by atoms with van der Waals surface area (Å²) in [6, 6.07) is 7.61. The molecule has 1 aromatic heterocycles. The number of carbonyl (C=O) groups is 1. The van der Waals surface area contributed by atoms with Crippen LogP contribution in [0, 0.1) is 24.0 Å². The average Bonchev–Trinajstić information content (AvgIpc) is 2.43. The standard InChI is InChI=1S/C14H12BrN3O3/c1-8-3-4-10(18(20)21)7-11(8)14(19)17-13-6-5-12(15)9(2)16-13/h3-7H,1-2H3,(H,16,17,19). The van der Waals surface area contributed by atoms with Crippen LogP contribution in [0.1, 0.15) is 21.6 Å². The average molecular weight is 350 g/mol. The molecule has 7 heteroatoms. The van der Waals surface area contributed by atoms with Crippen molar-refractivity contribution in [2.45, 2.75) is 13.8 Å². The van der Waals surface area contributed by atoms with E-state index in [-0.39, 0.29) is 11.3 Å². The van der Waals surface area contributed by atoms with E-state index in [0.29, 0.717) is 11.4 Å². The molecule has 108 valence electrons. The van der Waals surface area contributed by atoms with Crippen molar-refractivity contribution in [3.8, 4) is 0 Å². The minimum absolute atomic E-state index is 0.120. The number of nitrogens with one attached hydrogen (secondary N) is 1. The van der Waals surface area contributed by atoms with Gasteiger partial charge in [-0.15, -0.1) is 0 Å². The van der Waals surface area contributed by atoms with Crippen molar-refractivity contribution < 1.29 is 9.72 Å². The van der Waals surface area contributed by atoms with Crippen LogP contribution in [0.25, 0.3) is 0 Å². The lowest BCUT2D eigenvalue weighted by Crippen LogP contribution is -2.15. The van der Waals surface area contributed by atoms with Gasteiger partial charge in [0.2, 0.25) is 0 Å². The molecule has 1 amide bonds. The predicted molar refractivity (Wildman–Crippen MR) is 82.5 cm³/mol. The SMILES string of the molecule is Cc1ccc([N+](=O)[O-])cc1C(=O)Nc1ccc(Br)c(C)n1. The second-order valence-corrected chi connectivity index (χ2v) is 5.33. The molecule has 1 aromatic carbocycles. The Morgan fingerprint density at radius 1 is 1.29 bits per heavy atom. The number of anilines is 1. The van der Waals surface area contributed by atoms with Crippen molar-refractivity contribution in [3.05, 3.63) is 61.7 Å². The smallest absolute Gasteiger partial charge is 0.270 e. The van der Waals surface area contributed by atoms with E-state index < -0.39 is 10.8 Å². The summed E-state index contributed by atoms with van der Waals surface area (Å²) in [5.41, 5.74) is 1.53. The number of carbonyl (C=O) groups excluding carboxylic acids is 1. The molecule has 21 heavy (non-hydrogen) atoms. The number of non-ortho nitro benzene ring substituents is 1. The van der Waals surface area contributed by atoms with E-state index in [4.69, 9.17) is 0 Å². The van der Waals surface area contributed by atoms with Crippen LogP contribution in [-0.4, -0.2) is 15.8 Å². The zero-order valence-corrected chi connectivity index (χ0v) is 13.0. The van der Waals surface area contributed by atoms with Gasteiger partial charge in [0.25, 0.3) is 11.6 Å². The molecular weight excluding hydrogens is 338 g/mol. The number of aromatic nitrogens is 1. The number of aryl methyl sites for hydroxylation is 2. The van der Waals surface area contributed by atoms with Crippen LogP contribution in [-0.2, 0) is 0 Å². The number of nitrogens with zero attached hydrogens (tertiary/aromatic N) is 2. The van der Waals surface area contributed by atoms with Gasteiger partial charge in [0, 0.05) is 22.2 Å². The van der Waals surface area contributed by atoms with Crippen molar-refractivity contribution in [1.82, 2.24) is 4.98 Å². The van der Waals surface area contributed by atoms with Gasteiger partial charge in [0.15, 0.2) is 0 Å². The molecule has 0 radical (unpaired) electrons. The van der Waals surface area contributed by atoms with Gasteiger partial charge in [-0.25, -0.2) is 4.98 Å². The van der Waals surface area contributed by atoms with Crippen LogP contribution in [0.4, 0.5) is 11.5 Å². The summed E-state index contributed by atoms with van der Waals surface area (Å²) in [5.74, 6) is -0.0305. The van der Waals surface area contributed by atoms with Gasteiger partial charge in [0.1, 0.15) is 5.82 Å². The van der Waals surface area contributed by atoms with E-state index in [0.717, 1.165) is 10.2 Å². The fourth-order valence-electron chi connectivity index (χ4n) is 1.77. The number of benzene rings is 1. The quantitative estimate of drug-likeness (QED) is 0.677. The first-order chi connectivity index (χ1) is 9.88. The van der Waals surface area contributed by atoms with Crippen molar-refractivity contribution in [3.63, 3.8) is 0 Å². The van der Waals surface area contributed by atoms with Crippen LogP contribution in [0.3, 0.4) is 0 Å². The summed E-state index contributed by atoms with van der Waals surface area (Å²) in [6.07, 6.45) is 0. The van der Waals surface area contributed by atoms with Crippen LogP contribution in [0.15, 0.2) is 34.8 Å². The third-order valence-corrected chi connectivity index (χ3v) is 3.78. The molecule has 6 nitrogen and oxygen atoms in total. The lowest BCUT2D eigenvalue weighted by atomic mass is 10.1. The molecular formula is C14H12BrN3O3. The first kappa shape index (κ1) is 15.1. The second kappa shape index (κ2) is 6.01. The highest BCUT2D eigenvalue weighted by molar-refractivity contribution is 9.10. The molecule has 1 heterocycles. The third-order valence-electron chi connectivity index (χ3n) is 2.94. The van der Waals surface area contributed by atoms with E-state index in [2.05, 4.69) is 26.2 Å². The monoisotopic (exact) mass is 349 g/mol. The Balaban J connectivity index is 2.29. The maximum Gasteiger partial charge on any atom is 0.270 e. The van der Waals surface area contributed by atoms with Gasteiger partial charge in [-0.2, -0.15) is 0 Å². The van der Waals surface area contributed by atoms with Gasteiger partial charge < -0.3 is 5.32 Å². The molecule has 0 unspecified atom stereocenters. The van der Waals surface area contributed by atoms with Crippen LogP contribution in [0.5, 0.6) is 0 Å². The third kappa shape index (κ3) is 3.43. The molecule has 1 N–H and O–H groups in total. The number of hydrogen-bond acceptors (Lipinski definition) is 4. The molecule has 0 fully saturated rings. The number of nitro benzene ring substituents is 1. The molecule has 2 aromatic rings. The number of pyridine rings is 1. The summed E-state index contributed by atoms with van der Waals surface area (Å²) >= 11 is 3.33. The highest BCUT2D eigenvalue weighted by atomic mass is 79.9. The molecule has 0 aliphatic heterocycles. The Labute approximate surface area is 129 Å². The van der Waals surface area contributed by atoms with E-state index in [1.54, 1.807) is 32.0 Å².